The Bertz CT molecular complexity index is 3110. The van der Waals surface area contributed by atoms with Crippen molar-refractivity contribution in [1.29, 1.82) is 0 Å². The zero-order valence-electron chi connectivity index (χ0n) is 34.3. The van der Waals surface area contributed by atoms with E-state index in [-0.39, 0.29) is 25.9 Å². The summed E-state index contributed by atoms with van der Waals surface area (Å²) in [5.74, 6) is 0.947. The standard InChI is InChI=1S/C35H20FN2O.C18H24NSi.Ir/c36-28-21-20-27(34-32(28)26-19-18-23-12-4-5-14-25(23)33(26)39-34)35-37-29-15-7-9-17-31(29)38(35)30-16-8-6-13-24(30)22-10-2-1-3-11-22;1-14(2)11-16-12-17(15-9-7-6-8-10-15)19-13-18(16)20(3,4)5;/h1-19,21H;6-9,12-14H,11H2,1-5H3;/q2*-1;. The molecule has 0 fully saturated rings. The van der Waals surface area contributed by atoms with E-state index in [1.807, 2.05) is 103 Å². The van der Waals surface area contributed by atoms with Gasteiger partial charge in [0, 0.05) is 54.1 Å². The van der Waals surface area contributed by atoms with Crippen molar-refractivity contribution < 1.29 is 28.9 Å². The van der Waals surface area contributed by atoms with E-state index in [1.165, 1.54) is 16.8 Å². The molecule has 10 aromatic rings. The van der Waals surface area contributed by atoms with E-state index < -0.39 is 8.07 Å². The minimum Gasteiger partial charge on any atom is -0.500 e. The second-order valence-corrected chi connectivity index (χ2v) is 21.5. The van der Waals surface area contributed by atoms with Gasteiger partial charge in [-0.05, 0) is 57.8 Å². The number of furan rings is 1. The van der Waals surface area contributed by atoms with Gasteiger partial charge in [0.15, 0.2) is 0 Å². The molecule has 299 valence electrons. The molecule has 0 spiro atoms. The Hall–Kier alpha value is -5.98. The number of hydrogen-bond acceptors (Lipinski definition) is 3. The van der Waals surface area contributed by atoms with Gasteiger partial charge in [-0.1, -0.05) is 148 Å². The summed E-state index contributed by atoms with van der Waals surface area (Å²) >= 11 is 0. The van der Waals surface area contributed by atoms with Gasteiger partial charge >= 0.3 is 0 Å². The summed E-state index contributed by atoms with van der Waals surface area (Å²) in [4.78, 5) is 9.74. The maximum absolute atomic E-state index is 15.4. The molecule has 0 atom stereocenters. The number of halogens is 1. The van der Waals surface area contributed by atoms with Crippen LogP contribution in [0.25, 0.3) is 83.2 Å². The smallest absolute Gasteiger partial charge is 0.128 e. The Morgan fingerprint density at radius 1 is 0.750 bits per heavy atom. The van der Waals surface area contributed by atoms with Crippen molar-refractivity contribution in [1.82, 2.24) is 14.5 Å². The fourth-order valence-electron chi connectivity index (χ4n) is 8.13. The molecule has 0 unspecified atom stereocenters. The summed E-state index contributed by atoms with van der Waals surface area (Å²) in [6.45, 7) is 11.7. The van der Waals surface area contributed by atoms with Gasteiger partial charge in [0.05, 0.1) is 30.5 Å². The first-order valence-electron chi connectivity index (χ1n) is 20.2. The first kappa shape index (κ1) is 40.8. The Balaban J connectivity index is 0.000000202. The molecule has 0 aliphatic rings. The summed E-state index contributed by atoms with van der Waals surface area (Å²) in [6.07, 6.45) is 3.24. The third kappa shape index (κ3) is 7.77. The number of rotatable bonds is 7. The SMILES string of the molecule is CC(C)Cc1cc(-c2[c-]cccc2)ncc1[Si](C)(C)C.Fc1c[c-]c(-c2nc3ccccc3n2-c2ccccc2-c2ccccc2)c2oc3c4ccccc4ccc3c12.[Ir]. The molecule has 7 aromatic carbocycles. The summed E-state index contributed by atoms with van der Waals surface area (Å²) in [7, 11) is -1.34. The van der Waals surface area contributed by atoms with E-state index in [0.717, 1.165) is 61.7 Å². The van der Waals surface area contributed by atoms with Crippen molar-refractivity contribution in [2.75, 3.05) is 0 Å². The van der Waals surface area contributed by atoms with Crippen LogP contribution in [0.4, 0.5) is 4.39 Å². The number of benzene rings is 7. The summed E-state index contributed by atoms with van der Waals surface area (Å²) in [5, 5.41) is 4.66. The fraction of sp³-hybridized carbons (Fsp3) is 0.132. The van der Waals surface area contributed by atoms with Gasteiger partial charge in [-0.25, -0.2) is 0 Å². The third-order valence-corrected chi connectivity index (χ3v) is 12.9. The van der Waals surface area contributed by atoms with E-state index >= 15 is 4.39 Å². The Morgan fingerprint density at radius 2 is 1.48 bits per heavy atom. The molecule has 0 aliphatic carbocycles. The van der Waals surface area contributed by atoms with Crippen LogP contribution in [0, 0.1) is 23.9 Å². The maximum Gasteiger partial charge on any atom is 0.128 e. The second-order valence-electron chi connectivity index (χ2n) is 16.5. The number of imidazole rings is 1. The zero-order valence-corrected chi connectivity index (χ0v) is 37.7. The molecular weight excluding hydrogens is 934 g/mol. The maximum atomic E-state index is 15.4. The topological polar surface area (TPSA) is 43.9 Å². The quantitative estimate of drug-likeness (QED) is 0.118. The number of fused-ring (bicyclic) bond motifs is 6. The Labute approximate surface area is 365 Å². The molecule has 0 bridgehead atoms. The van der Waals surface area contributed by atoms with Crippen LogP contribution in [0.2, 0.25) is 19.6 Å². The predicted octanol–water partition coefficient (Wildman–Crippen LogP) is 13.6. The predicted molar refractivity (Wildman–Crippen MR) is 246 cm³/mol. The monoisotopic (exact) mass is 978 g/mol. The number of para-hydroxylation sites is 3. The van der Waals surface area contributed by atoms with Crippen LogP contribution in [0.3, 0.4) is 0 Å². The van der Waals surface area contributed by atoms with Crippen molar-refractivity contribution in [2.45, 2.75) is 39.9 Å². The average molecular weight is 978 g/mol. The van der Waals surface area contributed by atoms with Gasteiger partial charge in [-0.15, -0.1) is 48.0 Å². The molecule has 3 heterocycles. The molecule has 0 aliphatic heterocycles. The van der Waals surface area contributed by atoms with Gasteiger partial charge in [-0.3, -0.25) is 9.37 Å². The van der Waals surface area contributed by atoms with Crippen LogP contribution in [0.1, 0.15) is 19.4 Å². The normalized spacial score (nSPS) is 11.6. The largest absolute Gasteiger partial charge is 0.500 e. The van der Waals surface area contributed by atoms with E-state index in [4.69, 9.17) is 9.40 Å². The fourth-order valence-corrected chi connectivity index (χ4v) is 9.72. The first-order chi connectivity index (χ1) is 28.7. The van der Waals surface area contributed by atoms with Crippen LogP contribution < -0.4 is 5.19 Å². The zero-order chi connectivity index (χ0) is 40.7. The molecular formula is C53H44FIrN3OSi-2. The summed E-state index contributed by atoms with van der Waals surface area (Å²) in [5.41, 5.74) is 10.2. The van der Waals surface area contributed by atoms with Crippen LogP contribution in [-0.2, 0) is 26.5 Å². The Morgan fingerprint density at radius 3 is 2.27 bits per heavy atom. The molecule has 0 saturated heterocycles. The second kappa shape index (κ2) is 16.9. The third-order valence-electron chi connectivity index (χ3n) is 10.8. The molecule has 1 radical (unpaired) electrons. The van der Waals surface area contributed by atoms with Gasteiger partial charge < -0.3 is 14.0 Å². The van der Waals surface area contributed by atoms with E-state index in [1.54, 1.807) is 0 Å². The Kier molecular flexibility index (Phi) is 11.5. The molecule has 4 nitrogen and oxygen atoms in total. The minimum absolute atomic E-state index is 0. The van der Waals surface area contributed by atoms with Crippen LogP contribution in [-0.4, -0.2) is 22.6 Å². The van der Waals surface area contributed by atoms with E-state index in [0.29, 0.717) is 33.9 Å². The first-order valence-corrected chi connectivity index (χ1v) is 23.7. The molecule has 60 heavy (non-hydrogen) atoms. The number of aromatic nitrogens is 3. The van der Waals surface area contributed by atoms with Crippen molar-refractivity contribution in [3.63, 3.8) is 0 Å². The van der Waals surface area contributed by atoms with Crippen LogP contribution in [0.15, 0.2) is 162 Å². The van der Waals surface area contributed by atoms with E-state index in [2.05, 4.69) is 104 Å². The van der Waals surface area contributed by atoms with Crippen molar-refractivity contribution in [3.05, 3.63) is 181 Å². The number of pyridine rings is 1. The van der Waals surface area contributed by atoms with Gasteiger partial charge in [0.2, 0.25) is 0 Å². The molecule has 7 heteroatoms. The minimum atomic E-state index is -1.34. The number of hydrogen-bond donors (Lipinski definition) is 0. The van der Waals surface area contributed by atoms with Crippen molar-refractivity contribution in [3.8, 4) is 39.5 Å². The molecule has 0 N–H and O–H groups in total. The van der Waals surface area contributed by atoms with Crippen molar-refractivity contribution >= 4 is 57.0 Å². The van der Waals surface area contributed by atoms with Gasteiger partial charge in [-0.2, -0.15) is 0 Å². The van der Waals surface area contributed by atoms with Gasteiger partial charge in [0.25, 0.3) is 0 Å². The molecule has 10 rings (SSSR count). The molecule has 3 aromatic heterocycles. The number of nitrogens with zero attached hydrogens (tertiary/aromatic N) is 3. The van der Waals surface area contributed by atoms with Crippen LogP contribution >= 0.6 is 0 Å². The summed E-state index contributed by atoms with van der Waals surface area (Å²) in [6, 6.07) is 56.7. The molecule has 0 saturated carbocycles. The molecule has 0 amide bonds. The van der Waals surface area contributed by atoms with Crippen molar-refractivity contribution in [2.24, 2.45) is 5.92 Å². The van der Waals surface area contributed by atoms with Crippen LogP contribution in [0.5, 0.6) is 0 Å². The average Bonchev–Trinajstić information content (AvgIpc) is 3.84. The van der Waals surface area contributed by atoms with Gasteiger partial charge in [0.1, 0.15) is 5.58 Å². The van der Waals surface area contributed by atoms with E-state index in [9.17, 15) is 0 Å². The summed E-state index contributed by atoms with van der Waals surface area (Å²) < 4.78 is 24.1.